The Morgan fingerprint density at radius 1 is 1.03 bits per heavy atom. The standard InChI is InChI=1S/C27H48O8S/c1-15(2)21(29)7-6-16(3)20-13-22(35-36(32,33)34)24-18-12-23(30)27(31)14-17(28)8-11-26(27,5)19(18)9-10-25(20,24)4/h15-24,28-31H,6-14H2,1-5H3,(H,32,33,34)/t16-,17+,18-,19+,20-,21+,22+,23-,24+,25-,26-,27+/m1/s1. The van der Waals surface area contributed by atoms with Crippen molar-refractivity contribution in [2.75, 3.05) is 0 Å². The minimum Gasteiger partial charge on any atom is -0.393 e. The summed E-state index contributed by atoms with van der Waals surface area (Å²) in [5.41, 5.74) is -2.22. The minimum absolute atomic E-state index is 0.0563. The highest BCUT2D eigenvalue weighted by Crippen LogP contribution is 2.69. The fourth-order valence-corrected chi connectivity index (χ4v) is 9.96. The molecule has 0 heterocycles. The summed E-state index contributed by atoms with van der Waals surface area (Å²) in [5.74, 6) is 0.345. The highest BCUT2D eigenvalue weighted by atomic mass is 32.3. The molecule has 12 atom stereocenters. The van der Waals surface area contributed by atoms with Crippen LogP contribution in [0.5, 0.6) is 0 Å². The van der Waals surface area contributed by atoms with E-state index in [9.17, 15) is 33.4 Å². The minimum atomic E-state index is -4.67. The van der Waals surface area contributed by atoms with Crippen LogP contribution in [0.2, 0.25) is 0 Å². The number of rotatable bonds is 7. The fourth-order valence-electron chi connectivity index (χ4n) is 9.45. The van der Waals surface area contributed by atoms with Crippen molar-refractivity contribution >= 4 is 10.4 Å². The van der Waals surface area contributed by atoms with E-state index in [2.05, 4.69) is 13.8 Å². The average Bonchev–Trinajstić information content (AvgIpc) is 3.05. The van der Waals surface area contributed by atoms with E-state index in [4.69, 9.17) is 4.18 Å². The molecule has 36 heavy (non-hydrogen) atoms. The highest BCUT2D eigenvalue weighted by Gasteiger charge is 2.69. The van der Waals surface area contributed by atoms with E-state index in [0.29, 0.717) is 32.1 Å². The molecule has 0 aromatic carbocycles. The summed E-state index contributed by atoms with van der Waals surface area (Å²) in [6, 6.07) is 0. The summed E-state index contributed by atoms with van der Waals surface area (Å²) in [6.45, 7) is 10.4. The van der Waals surface area contributed by atoms with Crippen molar-refractivity contribution in [3.8, 4) is 0 Å². The molecule has 4 aliphatic rings. The SMILES string of the molecule is CC(C)[C@@H](O)CC[C@@H](C)[C@H]1C[C@H](OS(=O)(=O)O)[C@@H]2[C@@H]3C[C@@H](O)[C@@]4(O)C[C@@H](O)CC[C@]4(C)[C@H]3CC[C@@]21C. The van der Waals surface area contributed by atoms with Gasteiger partial charge in [-0.15, -0.1) is 0 Å². The van der Waals surface area contributed by atoms with E-state index in [0.717, 1.165) is 19.3 Å². The van der Waals surface area contributed by atoms with Crippen LogP contribution in [-0.2, 0) is 14.6 Å². The Labute approximate surface area is 216 Å². The fraction of sp³-hybridized carbons (Fsp3) is 1.00. The maximum absolute atomic E-state index is 11.9. The molecule has 0 aromatic heterocycles. The number of aliphatic hydroxyl groups is 4. The molecule has 210 valence electrons. The lowest BCUT2D eigenvalue weighted by Gasteiger charge is -2.65. The van der Waals surface area contributed by atoms with Gasteiger partial charge in [0.25, 0.3) is 0 Å². The lowest BCUT2D eigenvalue weighted by molar-refractivity contribution is -0.267. The Morgan fingerprint density at radius 3 is 2.31 bits per heavy atom. The molecule has 4 rings (SSSR count). The van der Waals surface area contributed by atoms with Crippen LogP contribution in [0.15, 0.2) is 0 Å². The van der Waals surface area contributed by atoms with Crippen LogP contribution in [0, 0.1) is 46.3 Å². The van der Waals surface area contributed by atoms with Gasteiger partial charge in [-0.3, -0.25) is 4.55 Å². The van der Waals surface area contributed by atoms with E-state index >= 15 is 0 Å². The van der Waals surface area contributed by atoms with Gasteiger partial charge in [-0.05, 0) is 92.3 Å². The predicted octanol–water partition coefficient (Wildman–Crippen LogP) is 3.32. The van der Waals surface area contributed by atoms with Gasteiger partial charge in [0.05, 0.1) is 30.0 Å². The molecule has 0 spiro atoms. The number of hydrogen-bond donors (Lipinski definition) is 5. The second-order valence-electron chi connectivity index (χ2n) is 13.6. The third kappa shape index (κ3) is 4.69. The molecular formula is C27H48O8S. The van der Waals surface area contributed by atoms with Crippen molar-refractivity contribution in [2.45, 2.75) is 122 Å². The van der Waals surface area contributed by atoms with Gasteiger partial charge in [-0.25, -0.2) is 4.18 Å². The van der Waals surface area contributed by atoms with Crippen LogP contribution in [0.3, 0.4) is 0 Å². The van der Waals surface area contributed by atoms with Crippen LogP contribution in [0.1, 0.15) is 92.4 Å². The Morgan fingerprint density at radius 2 is 1.69 bits per heavy atom. The van der Waals surface area contributed by atoms with Gasteiger partial charge in [0.1, 0.15) is 0 Å². The normalized spacial score (nSPS) is 48.7. The lowest BCUT2D eigenvalue weighted by Crippen LogP contribution is -2.69. The molecular weight excluding hydrogens is 484 g/mol. The van der Waals surface area contributed by atoms with Crippen molar-refractivity contribution in [3.05, 3.63) is 0 Å². The highest BCUT2D eigenvalue weighted by molar-refractivity contribution is 7.80. The molecule has 4 aliphatic carbocycles. The Kier molecular flexibility index (Phi) is 7.75. The molecule has 8 nitrogen and oxygen atoms in total. The summed E-state index contributed by atoms with van der Waals surface area (Å²) >= 11 is 0. The van der Waals surface area contributed by atoms with Crippen LogP contribution >= 0.6 is 0 Å². The van der Waals surface area contributed by atoms with E-state index in [1.54, 1.807) is 0 Å². The van der Waals surface area contributed by atoms with Crippen molar-refractivity contribution in [3.63, 3.8) is 0 Å². The summed E-state index contributed by atoms with van der Waals surface area (Å²) in [4.78, 5) is 0. The Hall–Kier alpha value is -0.290. The number of hydrogen-bond acceptors (Lipinski definition) is 7. The zero-order valence-electron chi connectivity index (χ0n) is 22.5. The van der Waals surface area contributed by atoms with Gasteiger partial charge in [0.15, 0.2) is 0 Å². The Bertz CT molecular complexity index is 909. The lowest BCUT2D eigenvalue weighted by atomic mass is 9.42. The van der Waals surface area contributed by atoms with Crippen molar-refractivity contribution in [2.24, 2.45) is 46.3 Å². The maximum Gasteiger partial charge on any atom is 0.397 e. The smallest absolute Gasteiger partial charge is 0.393 e. The van der Waals surface area contributed by atoms with Crippen molar-refractivity contribution in [1.82, 2.24) is 0 Å². The zero-order valence-corrected chi connectivity index (χ0v) is 23.3. The van der Waals surface area contributed by atoms with Gasteiger partial charge in [0, 0.05) is 11.8 Å². The summed E-state index contributed by atoms with van der Waals surface area (Å²) in [5, 5.41) is 43.7. The first-order chi connectivity index (χ1) is 16.5. The monoisotopic (exact) mass is 532 g/mol. The second-order valence-corrected chi connectivity index (χ2v) is 14.6. The molecule has 0 aliphatic heterocycles. The van der Waals surface area contributed by atoms with Gasteiger partial charge in [-0.2, -0.15) is 8.42 Å². The van der Waals surface area contributed by atoms with E-state index in [-0.39, 0.29) is 53.4 Å². The first-order valence-electron chi connectivity index (χ1n) is 14.0. The Balaban J connectivity index is 1.67. The largest absolute Gasteiger partial charge is 0.397 e. The molecule has 4 fully saturated rings. The van der Waals surface area contributed by atoms with Crippen molar-refractivity contribution < 1.29 is 37.6 Å². The molecule has 0 unspecified atom stereocenters. The third-order valence-electron chi connectivity index (χ3n) is 11.5. The summed E-state index contributed by atoms with van der Waals surface area (Å²) in [6.07, 6.45) is 2.59. The molecule has 0 radical (unpaired) electrons. The zero-order chi connectivity index (χ0) is 26.8. The van der Waals surface area contributed by atoms with E-state index in [1.165, 1.54) is 0 Å². The summed E-state index contributed by atoms with van der Waals surface area (Å²) < 4.78 is 38.9. The average molecular weight is 533 g/mol. The molecule has 0 bridgehead atoms. The topological polar surface area (TPSA) is 145 Å². The third-order valence-corrected chi connectivity index (χ3v) is 12.0. The van der Waals surface area contributed by atoms with Gasteiger partial charge in [-0.1, -0.05) is 34.6 Å². The van der Waals surface area contributed by atoms with Gasteiger partial charge >= 0.3 is 10.4 Å². The van der Waals surface area contributed by atoms with Crippen molar-refractivity contribution in [1.29, 1.82) is 0 Å². The molecule has 9 heteroatoms. The number of aliphatic hydroxyl groups excluding tert-OH is 3. The van der Waals surface area contributed by atoms with Gasteiger partial charge in [0.2, 0.25) is 0 Å². The van der Waals surface area contributed by atoms with Crippen LogP contribution in [0.25, 0.3) is 0 Å². The molecule has 0 aromatic rings. The van der Waals surface area contributed by atoms with Crippen LogP contribution < -0.4 is 0 Å². The summed E-state index contributed by atoms with van der Waals surface area (Å²) in [7, 11) is -4.67. The molecule has 4 saturated carbocycles. The van der Waals surface area contributed by atoms with Gasteiger partial charge < -0.3 is 20.4 Å². The first kappa shape index (κ1) is 28.7. The first-order valence-corrected chi connectivity index (χ1v) is 15.3. The maximum atomic E-state index is 11.9. The molecule has 5 N–H and O–H groups in total. The molecule has 0 saturated heterocycles. The predicted molar refractivity (Wildman–Crippen MR) is 135 cm³/mol. The van der Waals surface area contributed by atoms with Crippen LogP contribution in [-0.4, -0.2) is 63.4 Å². The van der Waals surface area contributed by atoms with Crippen LogP contribution in [0.4, 0.5) is 0 Å². The quantitative estimate of drug-likeness (QED) is 0.314. The number of fused-ring (bicyclic) bond motifs is 5. The van der Waals surface area contributed by atoms with E-state index < -0.39 is 39.7 Å². The molecule has 0 amide bonds. The second kappa shape index (κ2) is 9.72. The van der Waals surface area contributed by atoms with E-state index in [1.807, 2.05) is 20.8 Å².